The molecule has 0 heterocycles. The smallest absolute Gasteiger partial charge is 0.0150 e. The van der Waals surface area contributed by atoms with E-state index in [0.29, 0.717) is 5.92 Å². The maximum Gasteiger partial charge on any atom is -0.0150 e. The van der Waals surface area contributed by atoms with Gasteiger partial charge in [0, 0.05) is 0 Å². The van der Waals surface area contributed by atoms with Gasteiger partial charge in [0.2, 0.25) is 0 Å². The zero-order valence-electron chi connectivity index (χ0n) is 21.7. The van der Waals surface area contributed by atoms with Gasteiger partial charge in [-0.2, -0.15) is 0 Å². The molecule has 0 saturated heterocycles. The lowest BCUT2D eigenvalue weighted by Crippen LogP contribution is -1.98. The molecule has 0 N–H and O–H groups in total. The van der Waals surface area contributed by atoms with Crippen molar-refractivity contribution in [1.29, 1.82) is 0 Å². The number of hydrogen-bond acceptors (Lipinski definition) is 0. The van der Waals surface area contributed by atoms with Crippen LogP contribution in [0.2, 0.25) is 0 Å². The van der Waals surface area contributed by atoms with E-state index in [9.17, 15) is 0 Å². The topological polar surface area (TPSA) is 0 Å². The number of benzene rings is 4. The van der Waals surface area contributed by atoms with E-state index in [0.717, 1.165) is 32.1 Å². The molecular weight excluding hydrogens is 432 g/mol. The molecule has 4 rings (SSSR count). The van der Waals surface area contributed by atoms with Gasteiger partial charge in [-0.15, -0.1) is 0 Å². The Morgan fingerprint density at radius 3 is 1.56 bits per heavy atom. The van der Waals surface area contributed by atoms with Crippen molar-refractivity contribution in [3.05, 3.63) is 154 Å². The fraction of sp³-hybridized carbons (Fsp3) is 0.222. The molecule has 0 nitrogen and oxygen atoms in total. The van der Waals surface area contributed by atoms with Gasteiger partial charge in [-0.05, 0) is 83.9 Å². The number of hydrogen-bond donors (Lipinski definition) is 0. The van der Waals surface area contributed by atoms with E-state index in [1.165, 1.54) is 38.9 Å². The molecule has 0 heteroatoms. The molecule has 182 valence electrons. The predicted molar refractivity (Wildman–Crippen MR) is 157 cm³/mol. The minimum absolute atomic E-state index is 0.527. The summed E-state index contributed by atoms with van der Waals surface area (Å²) in [5.41, 5.74) is 9.49. The monoisotopic (exact) mass is 470 g/mol. The fourth-order valence-corrected chi connectivity index (χ4v) is 4.58. The highest BCUT2D eigenvalue weighted by molar-refractivity contribution is 5.69. The van der Waals surface area contributed by atoms with Crippen LogP contribution in [0.3, 0.4) is 0 Å². The van der Waals surface area contributed by atoms with Gasteiger partial charge in [0.25, 0.3) is 0 Å². The molecule has 36 heavy (non-hydrogen) atoms. The first-order valence-electron chi connectivity index (χ1n) is 13.3. The molecule has 0 amide bonds. The lowest BCUT2D eigenvalue weighted by molar-refractivity contribution is 0.759. The average molecular weight is 471 g/mol. The number of rotatable bonds is 11. The molecule has 4 aromatic rings. The van der Waals surface area contributed by atoms with Gasteiger partial charge in [-0.3, -0.25) is 0 Å². The maximum atomic E-state index is 2.30. The molecule has 0 aliphatic carbocycles. The Kier molecular flexibility index (Phi) is 9.51. The molecule has 0 unspecified atom stereocenters. The first kappa shape index (κ1) is 25.5. The van der Waals surface area contributed by atoms with Crippen LogP contribution >= 0.6 is 0 Å². The van der Waals surface area contributed by atoms with Gasteiger partial charge < -0.3 is 0 Å². The Labute approximate surface area is 218 Å². The molecular formula is C36H38. The highest BCUT2D eigenvalue weighted by Crippen LogP contribution is 2.21. The molecule has 1 atom stereocenters. The van der Waals surface area contributed by atoms with Crippen LogP contribution in [0.4, 0.5) is 0 Å². The van der Waals surface area contributed by atoms with Crippen molar-refractivity contribution in [2.45, 2.75) is 51.9 Å². The third kappa shape index (κ3) is 7.95. The predicted octanol–water partition coefficient (Wildman–Crippen LogP) is 9.50. The normalized spacial score (nSPS) is 12.4. The SMILES string of the molecule is C/C=C/CCc1ccc(CCc2ccc(C=Cc3ccc(C[C@@H](C)c4ccccc4)cc3)cc2)cc1. The van der Waals surface area contributed by atoms with Crippen molar-refractivity contribution in [2.75, 3.05) is 0 Å². The van der Waals surface area contributed by atoms with Gasteiger partial charge in [0.1, 0.15) is 0 Å². The standard InChI is InChI=1S/C36H38/c1-3-4-6-9-30-12-14-31(15-13-30)16-17-32-18-20-33(21-19-32)22-23-34-24-26-35(27-25-34)28-29(2)36-10-7-5-8-11-36/h3-5,7-8,10-15,18-27,29H,6,9,16-17,28H2,1-2H3/b4-3+,23-22?/t29-/m1/s1. The Hall–Kier alpha value is -3.64. The van der Waals surface area contributed by atoms with Gasteiger partial charge in [0.05, 0.1) is 0 Å². The third-order valence-electron chi connectivity index (χ3n) is 6.90. The molecule has 0 spiro atoms. The molecule has 0 aromatic heterocycles. The van der Waals surface area contributed by atoms with Crippen molar-refractivity contribution in [1.82, 2.24) is 0 Å². The highest BCUT2D eigenvalue weighted by Gasteiger charge is 2.06. The lowest BCUT2D eigenvalue weighted by Gasteiger charge is -2.12. The summed E-state index contributed by atoms with van der Waals surface area (Å²) in [6.07, 6.45) is 14.2. The Morgan fingerprint density at radius 1 is 0.556 bits per heavy atom. The van der Waals surface area contributed by atoms with Gasteiger partial charge in [-0.1, -0.05) is 134 Å². The molecule has 0 radical (unpaired) electrons. The van der Waals surface area contributed by atoms with Crippen molar-refractivity contribution in [3.8, 4) is 0 Å². The quantitative estimate of drug-likeness (QED) is 0.151. The van der Waals surface area contributed by atoms with E-state index in [1.54, 1.807) is 0 Å². The number of aryl methyl sites for hydroxylation is 3. The summed E-state index contributed by atoms with van der Waals surface area (Å²) in [6, 6.07) is 37.9. The Balaban J connectivity index is 1.25. The van der Waals surface area contributed by atoms with Gasteiger partial charge in [-0.25, -0.2) is 0 Å². The second kappa shape index (κ2) is 13.4. The summed E-state index contributed by atoms with van der Waals surface area (Å²) in [7, 11) is 0. The first-order valence-corrected chi connectivity index (χ1v) is 13.3. The first-order chi connectivity index (χ1) is 17.7. The number of allylic oxidation sites excluding steroid dienone is 2. The highest BCUT2D eigenvalue weighted by atomic mass is 14.1. The molecule has 0 fully saturated rings. The van der Waals surface area contributed by atoms with Gasteiger partial charge >= 0.3 is 0 Å². The van der Waals surface area contributed by atoms with E-state index in [1.807, 2.05) is 0 Å². The summed E-state index contributed by atoms with van der Waals surface area (Å²) in [5, 5.41) is 0. The van der Waals surface area contributed by atoms with Crippen LogP contribution in [-0.2, 0) is 25.7 Å². The molecule has 0 bridgehead atoms. The zero-order chi connectivity index (χ0) is 25.0. The second-order valence-corrected chi connectivity index (χ2v) is 9.76. The summed E-state index contributed by atoms with van der Waals surface area (Å²) in [4.78, 5) is 0. The maximum absolute atomic E-state index is 2.30. The van der Waals surface area contributed by atoms with E-state index in [-0.39, 0.29) is 0 Å². The van der Waals surface area contributed by atoms with Crippen molar-refractivity contribution >= 4 is 12.2 Å². The van der Waals surface area contributed by atoms with Crippen LogP contribution < -0.4 is 0 Å². The van der Waals surface area contributed by atoms with Crippen LogP contribution in [0.15, 0.2) is 115 Å². The van der Waals surface area contributed by atoms with E-state index < -0.39 is 0 Å². The van der Waals surface area contributed by atoms with Crippen molar-refractivity contribution in [2.24, 2.45) is 0 Å². The Bertz CT molecular complexity index is 1220. The van der Waals surface area contributed by atoms with Crippen LogP contribution in [0.5, 0.6) is 0 Å². The fourth-order valence-electron chi connectivity index (χ4n) is 4.58. The molecule has 4 aromatic carbocycles. The molecule has 0 saturated carbocycles. The van der Waals surface area contributed by atoms with E-state index in [4.69, 9.17) is 0 Å². The van der Waals surface area contributed by atoms with Crippen LogP contribution in [0, 0.1) is 0 Å². The molecule has 0 aliphatic heterocycles. The van der Waals surface area contributed by atoms with Crippen LogP contribution in [0.25, 0.3) is 12.2 Å². The van der Waals surface area contributed by atoms with Crippen LogP contribution in [0.1, 0.15) is 65.1 Å². The summed E-state index contributed by atoms with van der Waals surface area (Å²) in [5.74, 6) is 0.527. The minimum Gasteiger partial charge on any atom is -0.0917 e. The van der Waals surface area contributed by atoms with E-state index in [2.05, 4.69) is 141 Å². The van der Waals surface area contributed by atoms with Crippen LogP contribution in [-0.4, -0.2) is 0 Å². The summed E-state index contributed by atoms with van der Waals surface area (Å²) >= 11 is 0. The summed E-state index contributed by atoms with van der Waals surface area (Å²) in [6.45, 7) is 4.38. The lowest BCUT2D eigenvalue weighted by atomic mass is 9.93. The Morgan fingerprint density at radius 2 is 1.03 bits per heavy atom. The largest absolute Gasteiger partial charge is 0.0917 e. The van der Waals surface area contributed by atoms with Crippen molar-refractivity contribution < 1.29 is 0 Å². The summed E-state index contributed by atoms with van der Waals surface area (Å²) < 4.78 is 0. The third-order valence-corrected chi connectivity index (χ3v) is 6.90. The second-order valence-electron chi connectivity index (χ2n) is 9.76. The zero-order valence-corrected chi connectivity index (χ0v) is 21.7. The van der Waals surface area contributed by atoms with Gasteiger partial charge in [0.15, 0.2) is 0 Å². The molecule has 0 aliphatic rings. The van der Waals surface area contributed by atoms with Crippen molar-refractivity contribution in [3.63, 3.8) is 0 Å². The minimum atomic E-state index is 0.527. The average Bonchev–Trinajstić information content (AvgIpc) is 2.93. The van der Waals surface area contributed by atoms with E-state index >= 15 is 0 Å².